The van der Waals surface area contributed by atoms with E-state index in [1.54, 1.807) is 12.2 Å². The van der Waals surface area contributed by atoms with Crippen LogP contribution < -0.4 is 5.32 Å². The number of hydrogen-bond acceptors (Lipinski definition) is 2. The van der Waals surface area contributed by atoms with Gasteiger partial charge in [0.1, 0.15) is 0 Å². The van der Waals surface area contributed by atoms with Gasteiger partial charge in [-0.25, -0.2) is 0 Å². The molecule has 1 amide bonds. The Balaban J connectivity index is 3.17. The number of allylic oxidation sites excluding steroid dienone is 1. The van der Waals surface area contributed by atoms with Crippen molar-refractivity contribution >= 4 is 5.91 Å². The van der Waals surface area contributed by atoms with E-state index in [-0.39, 0.29) is 5.91 Å². The first-order valence-corrected chi connectivity index (χ1v) is 5.22. The van der Waals surface area contributed by atoms with E-state index < -0.39 is 0 Å². The Morgan fingerprint density at radius 1 is 1.29 bits per heavy atom. The minimum absolute atomic E-state index is 0.0140. The zero-order valence-electron chi connectivity index (χ0n) is 9.55. The zero-order chi connectivity index (χ0) is 10.8. The number of nitrogens with one attached hydrogen (secondary N) is 1. The van der Waals surface area contributed by atoms with Gasteiger partial charge in [0, 0.05) is 6.54 Å². The van der Waals surface area contributed by atoms with Crippen LogP contribution in [0.1, 0.15) is 26.2 Å². The van der Waals surface area contributed by atoms with Crippen LogP contribution in [-0.2, 0) is 4.79 Å². The van der Waals surface area contributed by atoms with Gasteiger partial charge in [-0.2, -0.15) is 0 Å². The van der Waals surface area contributed by atoms with Crippen LogP contribution in [0.15, 0.2) is 12.2 Å². The molecule has 0 radical (unpaired) electrons. The SMILES string of the molecule is C/C=C/C(=O)NCCCCCN(C)C. The standard InChI is InChI=1S/C11H22N2O/c1-4-8-11(14)12-9-6-5-7-10-13(2)3/h4,8H,5-7,9-10H2,1-3H3,(H,12,14)/b8-4+. The fourth-order valence-corrected chi connectivity index (χ4v) is 1.15. The molecule has 0 fully saturated rings. The van der Waals surface area contributed by atoms with Gasteiger partial charge in [-0.05, 0) is 46.5 Å². The number of carbonyl (C=O) groups is 1. The quantitative estimate of drug-likeness (QED) is 0.495. The average Bonchev–Trinajstić information content (AvgIpc) is 2.11. The Hall–Kier alpha value is -0.830. The molecule has 3 nitrogen and oxygen atoms in total. The molecule has 0 aliphatic carbocycles. The van der Waals surface area contributed by atoms with E-state index >= 15 is 0 Å². The topological polar surface area (TPSA) is 32.3 Å². The molecule has 82 valence electrons. The second-order valence-electron chi connectivity index (χ2n) is 3.65. The highest BCUT2D eigenvalue weighted by atomic mass is 16.1. The Kier molecular flexibility index (Phi) is 8.24. The Bertz CT molecular complexity index is 176. The van der Waals surface area contributed by atoms with Crippen LogP contribution in [0.25, 0.3) is 0 Å². The minimum Gasteiger partial charge on any atom is -0.353 e. The summed E-state index contributed by atoms with van der Waals surface area (Å²) in [6.07, 6.45) is 6.75. The molecule has 0 aliphatic heterocycles. The van der Waals surface area contributed by atoms with E-state index in [0.717, 1.165) is 19.5 Å². The first-order valence-electron chi connectivity index (χ1n) is 5.22. The molecule has 0 saturated carbocycles. The Morgan fingerprint density at radius 2 is 2.00 bits per heavy atom. The third kappa shape index (κ3) is 9.26. The third-order valence-electron chi connectivity index (χ3n) is 1.90. The number of nitrogens with zero attached hydrogens (tertiary/aromatic N) is 1. The number of amides is 1. The van der Waals surface area contributed by atoms with Gasteiger partial charge in [0.15, 0.2) is 0 Å². The molecule has 0 heterocycles. The van der Waals surface area contributed by atoms with Crippen LogP contribution in [0.2, 0.25) is 0 Å². The zero-order valence-corrected chi connectivity index (χ0v) is 9.55. The van der Waals surface area contributed by atoms with E-state index in [4.69, 9.17) is 0 Å². The number of unbranched alkanes of at least 4 members (excludes halogenated alkanes) is 2. The van der Waals surface area contributed by atoms with Crippen molar-refractivity contribution in [2.24, 2.45) is 0 Å². The molecule has 0 aromatic rings. The maximum atomic E-state index is 11.0. The summed E-state index contributed by atoms with van der Waals surface area (Å²) >= 11 is 0. The van der Waals surface area contributed by atoms with Crippen molar-refractivity contribution in [1.82, 2.24) is 10.2 Å². The molecule has 0 aromatic heterocycles. The second kappa shape index (κ2) is 8.75. The van der Waals surface area contributed by atoms with E-state index in [2.05, 4.69) is 24.3 Å². The van der Waals surface area contributed by atoms with Gasteiger partial charge in [-0.1, -0.05) is 12.5 Å². The highest BCUT2D eigenvalue weighted by molar-refractivity contribution is 5.87. The molecule has 0 aromatic carbocycles. The van der Waals surface area contributed by atoms with E-state index in [0.29, 0.717) is 0 Å². The predicted molar refractivity (Wildman–Crippen MR) is 60.2 cm³/mol. The molecule has 1 N–H and O–H groups in total. The van der Waals surface area contributed by atoms with Crippen LogP contribution >= 0.6 is 0 Å². The van der Waals surface area contributed by atoms with Crippen LogP contribution in [0.4, 0.5) is 0 Å². The molecule has 0 atom stereocenters. The second-order valence-corrected chi connectivity index (χ2v) is 3.65. The van der Waals surface area contributed by atoms with E-state index in [1.165, 1.54) is 12.8 Å². The number of hydrogen-bond donors (Lipinski definition) is 1. The summed E-state index contributed by atoms with van der Waals surface area (Å²) in [6.45, 7) is 3.76. The maximum absolute atomic E-state index is 11.0. The van der Waals surface area contributed by atoms with Crippen LogP contribution in [-0.4, -0.2) is 38.0 Å². The first kappa shape index (κ1) is 13.2. The third-order valence-corrected chi connectivity index (χ3v) is 1.90. The van der Waals surface area contributed by atoms with Crippen LogP contribution in [0.5, 0.6) is 0 Å². The highest BCUT2D eigenvalue weighted by Gasteiger charge is 1.94. The van der Waals surface area contributed by atoms with E-state index in [1.807, 2.05) is 6.92 Å². The number of carbonyl (C=O) groups excluding carboxylic acids is 1. The lowest BCUT2D eigenvalue weighted by Crippen LogP contribution is -2.22. The van der Waals surface area contributed by atoms with Gasteiger partial charge in [0.2, 0.25) is 5.91 Å². The fraction of sp³-hybridized carbons (Fsp3) is 0.727. The van der Waals surface area contributed by atoms with Crippen molar-refractivity contribution in [3.63, 3.8) is 0 Å². The van der Waals surface area contributed by atoms with Crippen molar-refractivity contribution in [2.75, 3.05) is 27.2 Å². The van der Waals surface area contributed by atoms with Crippen LogP contribution in [0, 0.1) is 0 Å². The van der Waals surface area contributed by atoms with Gasteiger partial charge in [-0.15, -0.1) is 0 Å². The van der Waals surface area contributed by atoms with E-state index in [9.17, 15) is 4.79 Å². The predicted octanol–water partition coefficient (Wildman–Crippen LogP) is 1.41. The molecular weight excluding hydrogens is 176 g/mol. The van der Waals surface area contributed by atoms with Crippen molar-refractivity contribution in [3.8, 4) is 0 Å². The number of rotatable bonds is 7. The average molecular weight is 198 g/mol. The molecule has 0 rings (SSSR count). The molecule has 0 saturated heterocycles. The van der Waals surface area contributed by atoms with Gasteiger partial charge in [0.25, 0.3) is 0 Å². The summed E-state index contributed by atoms with van der Waals surface area (Å²) < 4.78 is 0. The van der Waals surface area contributed by atoms with Gasteiger partial charge in [-0.3, -0.25) is 4.79 Å². The van der Waals surface area contributed by atoms with Crippen molar-refractivity contribution in [2.45, 2.75) is 26.2 Å². The summed E-state index contributed by atoms with van der Waals surface area (Å²) in [7, 11) is 4.15. The molecule has 0 spiro atoms. The lowest BCUT2D eigenvalue weighted by Gasteiger charge is -2.08. The van der Waals surface area contributed by atoms with Gasteiger partial charge < -0.3 is 10.2 Å². The fourth-order valence-electron chi connectivity index (χ4n) is 1.15. The Labute approximate surface area is 87.2 Å². The summed E-state index contributed by atoms with van der Waals surface area (Å²) in [6, 6.07) is 0. The molecule has 3 heteroatoms. The van der Waals surface area contributed by atoms with Crippen molar-refractivity contribution < 1.29 is 4.79 Å². The largest absolute Gasteiger partial charge is 0.353 e. The monoisotopic (exact) mass is 198 g/mol. The van der Waals surface area contributed by atoms with Gasteiger partial charge in [0.05, 0.1) is 0 Å². The summed E-state index contributed by atoms with van der Waals surface area (Å²) in [5, 5.41) is 2.83. The van der Waals surface area contributed by atoms with Crippen molar-refractivity contribution in [1.29, 1.82) is 0 Å². The molecule has 14 heavy (non-hydrogen) atoms. The van der Waals surface area contributed by atoms with Crippen molar-refractivity contribution in [3.05, 3.63) is 12.2 Å². The summed E-state index contributed by atoms with van der Waals surface area (Å²) in [5.41, 5.74) is 0. The van der Waals surface area contributed by atoms with Gasteiger partial charge >= 0.3 is 0 Å². The molecule has 0 bridgehead atoms. The molecular formula is C11H22N2O. The lowest BCUT2D eigenvalue weighted by molar-refractivity contribution is -0.116. The molecule has 0 unspecified atom stereocenters. The lowest BCUT2D eigenvalue weighted by atomic mass is 10.2. The summed E-state index contributed by atoms with van der Waals surface area (Å²) in [5.74, 6) is 0.0140. The van der Waals surface area contributed by atoms with Crippen LogP contribution in [0.3, 0.4) is 0 Å². The normalized spacial score (nSPS) is 11.1. The maximum Gasteiger partial charge on any atom is 0.243 e. The highest BCUT2D eigenvalue weighted by Crippen LogP contribution is 1.94. The minimum atomic E-state index is 0.0140. The first-order chi connectivity index (χ1) is 6.66. The summed E-state index contributed by atoms with van der Waals surface area (Å²) in [4.78, 5) is 13.2. The Morgan fingerprint density at radius 3 is 2.57 bits per heavy atom. The molecule has 0 aliphatic rings. The smallest absolute Gasteiger partial charge is 0.243 e.